The van der Waals surface area contributed by atoms with E-state index in [2.05, 4.69) is 23.5 Å². The van der Waals surface area contributed by atoms with Gasteiger partial charge in [-0.15, -0.1) is 0 Å². The lowest BCUT2D eigenvalue weighted by atomic mass is 9.86. The molecular weight excluding hydrogens is 222 g/mol. The van der Waals surface area contributed by atoms with Crippen LogP contribution >= 0.6 is 0 Å². The van der Waals surface area contributed by atoms with Crippen molar-refractivity contribution in [1.29, 1.82) is 0 Å². The fourth-order valence-electron chi connectivity index (χ4n) is 2.37. The summed E-state index contributed by atoms with van der Waals surface area (Å²) in [6, 6.07) is 10.9. The molecule has 1 saturated carbocycles. The molecule has 0 aromatic heterocycles. The van der Waals surface area contributed by atoms with Crippen molar-refractivity contribution in [3.8, 4) is 0 Å². The second kappa shape index (κ2) is 4.71. The lowest BCUT2D eigenvalue weighted by Gasteiger charge is -2.29. The van der Waals surface area contributed by atoms with E-state index in [1.807, 2.05) is 30.4 Å². The predicted octanol–water partition coefficient (Wildman–Crippen LogP) is 2.51. The molecule has 0 heterocycles. The summed E-state index contributed by atoms with van der Waals surface area (Å²) in [4.78, 5) is 0. The Labute approximate surface area is 108 Å². The first-order chi connectivity index (χ1) is 8.75. The number of aliphatic hydroxyl groups is 1. The summed E-state index contributed by atoms with van der Waals surface area (Å²) >= 11 is 0. The summed E-state index contributed by atoms with van der Waals surface area (Å²) in [5.74, 6) is 0. The molecule has 0 bridgehead atoms. The highest BCUT2D eigenvalue weighted by molar-refractivity contribution is 5.69. The van der Waals surface area contributed by atoms with Gasteiger partial charge >= 0.3 is 0 Å². The Hall–Kier alpha value is -1.38. The van der Waals surface area contributed by atoms with E-state index in [9.17, 15) is 5.11 Å². The molecule has 1 fully saturated rings. The third kappa shape index (κ3) is 2.71. The minimum atomic E-state index is -0.734. The van der Waals surface area contributed by atoms with E-state index in [1.165, 1.54) is 24.0 Å². The van der Waals surface area contributed by atoms with Gasteiger partial charge in [-0.2, -0.15) is 0 Å². The molecule has 0 saturated heterocycles. The molecule has 2 nitrogen and oxygen atoms in total. The largest absolute Gasteiger partial charge is 0.384 e. The molecule has 0 spiro atoms. The van der Waals surface area contributed by atoms with E-state index in [0.29, 0.717) is 19.0 Å². The second-order valence-electron chi connectivity index (χ2n) is 5.35. The Balaban J connectivity index is 1.70. The molecule has 1 aromatic carbocycles. The molecule has 2 aliphatic carbocycles. The molecule has 0 radical (unpaired) electrons. The number of allylic oxidation sites excluding steroid dienone is 2. The minimum absolute atomic E-state index is 0.633. The number of nitrogens with one attached hydrogen (secondary N) is 1. The van der Waals surface area contributed by atoms with Gasteiger partial charge in [-0.25, -0.2) is 0 Å². The first-order valence-electron chi connectivity index (χ1n) is 6.65. The number of hydrogen-bond acceptors (Lipinski definition) is 2. The Morgan fingerprint density at radius 2 is 2.00 bits per heavy atom. The van der Waals surface area contributed by atoms with Crippen molar-refractivity contribution in [2.24, 2.45) is 0 Å². The van der Waals surface area contributed by atoms with Gasteiger partial charge in [-0.1, -0.05) is 48.6 Å². The molecule has 2 heteroatoms. The fraction of sp³-hybridized carbons (Fsp3) is 0.375. The van der Waals surface area contributed by atoms with Crippen molar-refractivity contribution >= 4 is 5.57 Å². The summed E-state index contributed by atoms with van der Waals surface area (Å²) in [6.45, 7) is 0.651. The summed E-state index contributed by atoms with van der Waals surface area (Å²) < 4.78 is 0. The average molecular weight is 241 g/mol. The van der Waals surface area contributed by atoms with Gasteiger partial charge < -0.3 is 10.4 Å². The monoisotopic (exact) mass is 241 g/mol. The van der Waals surface area contributed by atoms with Gasteiger partial charge in [-0.05, 0) is 24.0 Å². The SMILES string of the molecule is OC1(CNC2CC2)C=CC=C(c2ccccc2)C1. The predicted molar refractivity (Wildman–Crippen MR) is 74.2 cm³/mol. The van der Waals surface area contributed by atoms with Crippen LogP contribution in [0.5, 0.6) is 0 Å². The molecule has 3 rings (SSSR count). The second-order valence-corrected chi connectivity index (χ2v) is 5.35. The maximum Gasteiger partial charge on any atom is 0.0994 e. The Kier molecular flexibility index (Phi) is 3.06. The van der Waals surface area contributed by atoms with Gasteiger partial charge in [-0.3, -0.25) is 0 Å². The van der Waals surface area contributed by atoms with Crippen LogP contribution < -0.4 is 5.32 Å². The van der Waals surface area contributed by atoms with Crippen LogP contribution in [0.1, 0.15) is 24.8 Å². The van der Waals surface area contributed by atoms with Gasteiger partial charge in [0.1, 0.15) is 0 Å². The Bertz CT molecular complexity index is 473. The third-order valence-electron chi connectivity index (χ3n) is 3.62. The Morgan fingerprint density at radius 1 is 1.22 bits per heavy atom. The highest BCUT2D eigenvalue weighted by atomic mass is 16.3. The smallest absolute Gasteiger partial charge is 0.0994 e. The molecule has 0 aliphatic heterocycles. The van der Waals surface area contributed by atoms with E-state index in [0.717, 1.165) is 0 Å². The van der Waals surface area contributed by atoms with Crippen LogP contribution in [-0.4, -0.2) is 23.3 Å². The zero-order chi connectivity index (χ0) is 12.4. The van der Waals surface area contributed by atoms with E-state index in [4.69, 9.17) is 0 Å². The van der Waals surface area contributed by atoms with E-state index in [1.54, 1.807) is 0 Å². The highest BCUT2D eigenvalue weighted by Crippen LogP contribution is 2.30. The number of rotatable bonds is 4. The van der Waals surface area contributed by atoms with Crippen LogP contribution in [0.25, 0.3) is 5.57 Å². The lowest BCUT2D eigenvalue weighted by molar-refractivity contribution is 0.0941. The van der Waals surface area contributed by atoms with Gasteiger partial charge in [0.05, 0.1) is 5.60 Å². The van der Waals surface area contributed by atoms with Crippen LogP contribution in [0.3, 0.4) is 0 Å². The van der Waals surface area contributed by atoms with E-state index < -0.39 is 5.60 Å². The molecule has 1 unspecified atom stereocenters. The topological polar surface area (TPSA) is 32.3 Å². The standard InChI is InChI=1S/C16H19NO/c18-16(12-17-15-8-9-15)10-4-7-14(11-16)13-5-2-1-3-6-13/h1-7,10,15,17-18H,8-9,11-12H2. The maximum absolute atomic E-state index is 10.6. The van der Waals surface area contributed by atoms with Crippen molar-refractivity contribution in [3.63, 3.8) is 0 Å². The van der Waals surface area contributed by atoms with Gasteiger partial charge in [0.2, 0.25) is 0 Å². The molecule has 18 heavy (non-hydrogen) atoms. The van der Waals surface area contributed by atoms with Crippen LogP contribution in [0.2, 0.25) is 0 Å². The average Bonchev–Trinajstić information content (AvgIpc) is 3.22. The van der Waals surface area contributed by atoms with Crippen molar-refractivity contribution in [3.05, 3.63) is 54.1 Å². The quantitative estimate of drug-likeness (QED) is 0.849. The van der Waals surface area contributed by atoms with Crippen LogP contribution in [-0.2, 0) is 0 Å². The van der Waals surface area contributed by atoms with Gasteiger partial charge in [0.25, 0.3) is 0 Å². The first-order valence-corrected chi connectivity index (χ1v) is 6.65. The Morgan fingerprint density at radius 3 is 2.72 bits per heavy atom. The maximum atomic E-state index is 10.6. The summed E-state index contributed by atoms with van der Waals surface area (Å²) in [5.41, 5.74) is 1.67. The van der Waals surface area contributed by atoms with Crippen molar-refractivity contribution < 1.29 is 5.11 Å². The van der Waals surface area contributed by atoms with Crippen molar-refractivity contribution in [2.45, 2.75) is 30.9 Å². The molecule has 1 atom stereocenters. The molecule has 1 aromatic rings. The van der Waals surface area contributed by atoms with Crippen LogP contribution in [0.4, 0.5) is 0 Å². The third-order valence-corrected chi connectivity index (χ3v) is 3.62. The molecule has 2 aliphatic rings. The van der Waals surface area contributed by atoms with Gasteiger partial charge in [0.15, 0.2) is 0 Å². The summed E-state index contributed by atoms with van der Waals surface area (Å²) in [7, 11) is 0. The fourth-order valence-corrected chi connectivity index (χ4v) is 2.37. The number of hydrogen-bond donors (Lipinski definition) is 2. The van der Waals surface area contributed by atoms with Crippen molar-refractivity contribution in [1.82, 2.24) is 5.32 Å². The van der Waals surface area contributed by atoms with Crippen LogP contribution in [0, 0.1) is 0 Å². The molecule has 2 N–H and O–H groups in total. The van der Waals surface area contributed by atoms with Gasteiger partial charge in [0, 0.05) is 19.0 Å². The lowest BCUT2D eigenvalue weighted by Crippen LogP contribution is -2.40. The molecular formula is C16H19NO. The molecule has 94 valence electrons. The normalized spacial score (nSPS) is 27.1. The number of benzene rings is 1. The van der Waals surface area contributed by atoms with E-state index in [-0.39, 0.29) is 0 Å². The summed E-state index contributed by atoms with van der Waals surface area (Å²) in [5, 5.41) is 14.0. The highest BCUT2D eigenvalue weighted by Gasteiger charge is 2.30. The zero-order valence-electron chi connectivity index (χ0n) is 10.5. The van der Waals surface area contributed by atoms with E-state index >= 15 is 0 Å². The molecule has 0 amide bonds. The summed E-state index contributed by atoms with van der Waals surface area (Å²) in [6.07, 6.45) is 9.17. The first kappa shape index (κ1) is 11.7. The van der Waals surface area contributed by atoms with Crippen molar-refractivity contribution in [2.75, 3.05) is 6.54 Å². The van der Waals surface area contributed by atoms with Crippen LogP contribution in [0.15, 0.2) is 48.6 Å². The minimum Gasteiger partial charge on any atom is -0.384 e. The zero-order valence-corrected chi connectivity index (χ0v) is 10.5.